The molecule has 0 saturated carbocycles. The van der Waals surface area contributed by atoms with E-state index in [0.717, 1.165) is 24.3 Å². The molecular formula is C18H26N2O. The molecule has 3 aliphatic rings. The highest BCUT2D eigenvalue weighted by Gasteiger charge is 2.35. The highest BCUT2D eigenvalue weighted by Crippen LogP contribution is 2.37. The van der Waals surface area contributed by atoms with E-state index in [1.165, 1.54) is 57.4 Å². The first-order valence-electron chi connectivity index (χ1n) is 8.58. The van der Waals surface area contributed by atoms with Crippen LogP contribution in [0.1, 0.15) is 37.2 Å². The average Bonchev–Trinajstić information content (AvgIpc) is 3.16. The van der Waals surface area contributed by atoms with Crippen LogP contribution in [0.25, 0.3) is 0 Å². The van der Waals surface area contributed by atoms with Gasteiger partial charge in [-0.05, 0) is 57.3 Å². The Bertz CT molecular complexity index is 484. The Morgan fingerprint density at radius 1 is 1.14 bits per heavy atom. The van der Waals surface area contributed by atoms with E-state index in [9.17, 15) is 0 Å². The van der Waals surface area contributed by atoms with Gasteiger partial charge in [-0.1, -0.05) is 18.2 Å². The first kappa shape index (κ1) is 13.6. The molecule has 0 bridgehead atoms. The van der Waals surface area contributed by atoms with Gasteiger partial charge in [-0.15, -0.1) is 0 Å². The fraction of sp³-hybridized carbons (Fsp3) is 0.667. The summed E-state index contributed by atoms with van der Waals surface area (Å²) >= 11 is 0. The van der Waals surface area contributed by atoms with Crippen LogP contribution < -0.4 is 10.1 Å². The Morgan fingerprint density at radius 2 is 2.00 bits per heavy atom. The van der Waals surface area contributed by atoms with E-state index in [1.807, 2.05) is 0 Å². The Labute approximate surface area is 127 Å². The molecule has 3 heteroatoms. The number of piperidine rings is 1. The van der Waals surface area contributed by atoms with Gasteiger partial charge in [0.25, 0.3) is 0 Å². The van der Waals surface area contributed by atoms with Crippen LogP contribution in [0.2, 0.25) is 0 Å². The molecule has 0 aromatic heterocycles. The zero-order valence-electron chi connectivity index (χ0n) is 12.8. The molecule has 3 nitrogen and oxygen atoms in total. The largest absolute Gasteiger partial charge is 0.493 e. The molecular weight excluding hydrogens is 260 g/mol. The molecule has 0 spiro atoms. The molecule has 2 saturated heterocycles. The second kappa shape index (κ2) is 5.98. The van der Waals surface area contributed by atoms with Crippen molar-refractivity contribution in [3.05, 3.63) is 29.8 Å². The SMILES string of the molecule is c1ccc2c(c1)OCC2CN1CCCC1C1CCNCC1. The van der Waals surface area contributed by atoms with Gasteiger partial charge in [-0.2, -0.15) is 0 Å². The summed E-state index contributed by atoms with van der Waals surface area (Å²) in [6.45, 7) is 5.77. The Kier molecular flexibility index (Phi) is 3.87. The topological polar surface area (TPSA) is 24.5 Å². The summed E-state index contributed by atoms with van der Waals surface area (Å²) in [7, 11) is 0. The molecule has 1 aromatic carbocycles. The molecule has 2 atom stereocenters. The average molecular weight is 286 g/mol. The summed E-state index contributed by atoms with van der Waals surface area (Å²) < 4.78 is 5.87. The number of fused-ring (bicyclic) bond motifs is 1. The van der Waals surface area contributed by atoms with Crippen LogP contribution in [-0.2, 0) is 0 Å². The van der Waals surface area contributed by atoms with E-state index in [0.29, 0.717) is 5.92 Å². The molecule has 4 rings (SSSR count). The second-order valence-corrected chi connectivity index (χ2v) is 6.84. The zero-order valence-corrected chi connectivity index (χ0v) is 12.8. The quantitative estimate of drug-likeness (QED) is 0.924. The summed E-state index contributed by atoms with van der Waals surface area (Å²) in [5, 5.41) is 3.50. The van der Waals surface area contributed by atoms with Gasteiger partial charge in [-0.3, -0.25) is 4.90 Å². The van der Waals surface area contributed by atoms with Gasteiger partial charge in [0, 0.05) is 24.1 Å². The van der Waals surface area contributed by atoms with Gasteiger partial charge in [-0.25, -0.2) is 0 Å². The van der Waals surface area contributed by atoms with Crippen molar-refractivity contribution in [1.82, 2.24) is 10.2 Å². The molecule has 1 N–H and O–H groups in total. The van der Waals surface area contributed by atoms with E-state index < -0.39 is 0 Å². The molecule has 3 heterocycles. The van der Waals surface area contributed by atoms with Gasteiger partial charge in [0.2, 0.25) is 0 Å². The number of nitrogens with one attached hydrogen (secondary N) is 1. The maximum absolute atomic E-state index is 5.87. The van der Waals surface area contributed by atoms with Gasteiger partial charge in [0.1, 0.15) is 5.75 Å². The number of hydrogen-bond donors (Lipinski definition) is 1. The second-order valence-electron chi connectivity index (χ2n) is 6.84. The minimum Gasteiger partial charge on any atom is -0.493 e. The number of hydrogen-bond acceptors (Lipinski definition) is 3. The van der Waals surface area contributed by atoms with Crippen LogP contribution in [-0.4, -0.2) is 43.7 Å². The molecule has 3 aliphatic heterocycles. The predicted octanol–water partition coefficient (Wildman–Crippen LogP) is 2.63. The van der Waals surface area contributed by atoms with Crippen molar-refractivity contribution in [2.45, 2.75) is 37.6 Å². The lowest BCUT2D eigenvalue weighted by molar-refractivity contribution is 0.149. The fourth-order valence-corrected chi connectivity index (χ4v) is 4.50. The van der Waals surface area contributed by atoms with Crippen molar-refractivity contribution >= 4 is 0 Å². The minimum absolute atomic E-state index is 0.573. The van der Waals surface area contributed by atoms with Crippen molar-refractivity contribution in [3.8, 4) is 5.75 Å². The van der Waals surface area contributed by atoms with E-state index in [1.54, 1.807) is 0 Å². The van der Waals surface area contributed by atoms with Crippen molar-refractivity contribution in [2.75, 3.05) is 32.8 Å². The number of ether oxygens (including phenoxy) is 1. The third-order valence-corrected chi connectivity index (χ3v) is 5.60. The molecule has 1 aromatic rings. The van der Waals surface area contributed by atoms with Crippen LogP contribution in [0.15, 0.2) is 24.3 Å². The maximum atomic E-state index is 5.87. The van der Waals surface area contributed by atoms with Crippen molar-refractivity contribution in [2.24, 2.45) is 5.92 Å². The lowest BCUT2D eigenvalue weighted by Crippen LogP contribution is -2.42. The first-order valence-corrected chi connectivity index (χ1v) is 8.58. The molecule has 0 radical (unpaired) electrons. The standard InChI is InChI=1S/C18H26N2O/c1-2-6-18-16(4-1)15(13-21-18)12-20-11-3-5-17(20)14-7-9-19-10-8-14/h1-2,4,6,14-15,17,19H,3,5,7-13H2. The summed E-state index contributed by atoms with van der Waals surface area (Å²) in [5.74, 6) is 2.59. The lowest BCUT2D eigenvalue weighted by atomic mass is 9.88. The summed E-state index contributed by atoms with van der Waals surface area (Å²) in [5.41, 5.74) is 1.42. The van der Waals surface area contributed by atoms with Crippen molar-refractivity contribution < 1.29 is 4.74 Å². The van der Waals surface area contributed by atoms with Crippen LogP contribution in [0, 0.1) is 5.92 Å². The van der Waals surface area contributed by atoms with Crippen LogP contribution in [0.3, 0.4) is 0 Å². The maximum Gasteiger partial charge on any atom is 0.122 e. The van der Waals surface area contributed by atoms with E-state index in [2.05, 4.69) is 34.5 Å². The Hall–Kier alpha value is -1.06. The van der Waals surface area contributed by atoms with Gasteiger partial charge in [0.15, 0.2) is 0 Å². The highest BCUT2D eigenvalue weighted by atomic mass is 16.5. The van der Waals surface area contributed by atoms with E-state index >= 15 is 0 Å². The summed E-state index contributed by atoms with van der Waals surface area (Å²) in [6.07, 6.45) is 5.50. The summed E-state index contributed by atoms with van der Waals surface area (Å²) in [6, 6.07) is 9.41. The highest BCUT2D eigenvalue weighted by molar-refractivity contribution is 5.39. The van der Waals surface area contributed by atoms with Gasteiger partial charge in [0.05, 0.1) is 6.61 Å². The fourth-order valence-electron chi connectivity index (χ4n) is 4.50. The number of benzene rings is 1. The zero-order chi connectivity index (χ0) is 14.1. The number of likely N-dealkylation sites (tertiary alicyclic amines) is 1. The van der Waals surface area contributed by atoms with Crippen LogP contribution in [0.5, 0.6) is 5.75 Å². The van der Waals surface area contributed by atoms with Gasteiger partial charge >= 0.3 is 0 Å². The predicted molar refractivity (Wildman–Crippen MR) is 84.9 cm³/mol. The molecule has 2 unspecified atom stereocenters. The molecule has 2 fully saturated rings. The molecule has 0 aliphatic carbocycles. The van der Waals surface area contributed by atoms with Crippen LogP contribution >= 0.6 is 0 Å². The Balaban J connectivity index is 1.44. The number of para-hydroxylation sites is 1. The van der Waals surface area contributed by atoms with Crippen molar-refractivity contribution in [3.63, 3.8) is 0 Å². The minimum atomic E-state index is 0.573. The lowest BCUT2D eigenvalue weighted by Gasteiger charge is -2.35. The Morgan fingerprint density at radius 3 is 2.90 bits per heavy atom. The number of nitrogens with zero attached hydrogens (tertiary/aromatic N) is 1. The molecule has 0 amide bonds. The monoisotopic (exact) mass is 286 g/mol. The molecule has 21 heavy (non-hydrogen) atoms. The third kappa shape index (κ3) is 2.69. The smallest absolute Gasteiger partial charge is 0.122 e. The molecule has 114 valence electrons. The van der Waals surface area contributed by atoms with Crippen LogP contribution in [0.4, 0.5) is 0 Å². The van der Waals surface area contributed by atoms with Crippen molar-refractivity contribution in [1.29, 1.82) is 0 Å². The number of rotatable bonds is 3. The van der Waals surface area contributed by atoms with E-state index in [4.69, 9.17) is 4.74 Å². The summed E-state index contributed by atoms with van der Waals surface area (Å²) in [4.78, 5) is 2.77. The first-order chi connectivity index (χ1) is 10.4. The normalized spacial score (nSPS) is 30.3. The van der Waals surface area contributed by atoms with E-state index in [-0.39, 0.29) is 0 Å². The third-order valence-electron chi connectivity index (χ3n) is 5.60. The van der Waals surface area contributed by atoms with Gasteiger partial charge < -0.3 is 10.1 Å².